The maximum absolute atomic E-state index is 4.50. The topological polar surface area (TPSA) is 24.9 Å². The molecule has 1 N–H and O–H groups in total. The number of benzene rings is 1. The number of fused-ring (bicyclic) bond motifs is 1. The molecule has 0 bridgehead atoms. The molecule has 0 spiro atoms. The summed E-state index contributed by atoms with van der Waals surface area (Å²) in [5.74, 6) is 1.48. The molecular weight excluding hydrogens is 244 g/mol. The lowest BCUT2D eigenvalue weighted by Gasteiger charge is -2.22. The van der Waals surface area contributed by atoms with Crippen molar-refractivity contribution in [3.8, 4) is 0 Å². The highest BCUT2D eigenvalue weighted by Crippen LogP contribution is 2.39. The van der Waals surface area contributed by atoms with E-state index in [1.807, 2.05) is 12.3 Å². The van der Waals surface area contributed by atoms with Crippen molar-refractivity contribution in [1.29, 1.82) is 0 Å². The number of pyridine rings is 1. The third-order valence-electron chi connectivity index (χ3n) is 4.51. The van der Waals surface area contributed by atoms with E-state index < -0.39 is 0 Å². The molecule has 0 aliphatic heterocycles. The lowest BCUT2D eigenvalue weighted by Crippen LogP contribution is -2.30. The van der Waals surface area contributed by atoms with Gasteiger partial charge < -0.3 is 5.32 Å². The first-order valence-electron chi connectivity index (χ1n) is 7.82. The SMILES string of the molecule is CC(C)NCC1CCCC1c1ccc2cccnc2c1. The predicted octanol–water partition coefficient (Wildman–Crippen LogP) is 4.12. The van der Waals surface area contributed by atoms with Crippen LogP contribution in [0.4, 0.5) is 0 Å². The van der Waals surface area contributed by atoms with Crippen LogP contribution in [0.5, 0.6) is 0 Å². The highest BCUT2D eigenvalue weighted by molar-refractivity contribution is 5.79. The molecule has 2 aromatic rings. The summed E-state index contributed by atoms with van der Waals surface area (Å²) in [5, 5.41) is 4.85. The minimum Gasteiger partial charge on any atom is -0.314 e. The number of rotatable bonds is 4. The van der Waals surface area contributed by atoms with Crippen LogP contribution in [0.2, 0.25) is 0 Å². The minimum atomic E-state index is 0.578. The molecule has 1 saturated carbocycles. The van der Waals surface area contributed by atoms with Crippen LogP contribution in [-0.2, 0) is 0 Å². The standard InChI is InChI=1S/C18H24N2/c1-13(2)20-12-16-5-3-7-17(16)15-9-8-14-6-4-10-19-18(14)11-15/h4,6,8-11,13,16-17,20H,3,5,7,12H2,1-2H3. The summed E-state index contributed by atoms with van der Waals surface area (Å²) in [7, 11) is 0. The predicted molar refractivity (Wildman–Crippen MR) is 85.0 cm³/mol. The molecule has 2 nitrogen and oxygen atoms in total. The number of hydrogen-bond donors (Lipinski definition) is 1. The molecule has 1 aromatic carbocycles. The smallest absolute Gasteiger partial charge is 0.0704 e. The Morgan fingerprint density at radius 1 is 1.25 bits per heavy atom. The second kappa shape index (κ2) is 5.92. The van der Waals surface area contributed by atoms with Crippen molar-refractivity contribution < 1.29 is 0 Å². The third-order valence-corrected chi connectivity index (χ3v) is 4.51. The van der Waals surface area contributed by atoms with Gasteiger partial charge in [-0.15, -0.1) is 0 Å². The van der Waals surface area contributed by atoms with Gasteiger partial charge in [0.2, 0.25) is 0 Å². The highest BCUT2D eigenvalue weighted by Gasteiger charge is 2.28. The third kappa shape index (κ3) is 2.85. The summed E-state index contributed by atoms with van der Waals surface area (Å²) in [6.45, 7) is 5.59. The van der Waals surface area contributed by atoms with E-state index in [-0.39, 0.29) is 0 Å². The quantitative estimate of drug-likeness (QED) is 0.902. The highest BCUT2D eigenvalue weighted by atomic mass is 14.9. The maximum Gasteiger partial charge on any atom is 0.0704 e. The second-order valence-corrected chi connectivity index (χ2v) is 6.32. The first-order chi connectivity index (χ1) is 9.74. The van der Waals surface area contributed by atoms with Crippen LogP contribution in [0.3, 0.4) is 0 Å². The van der Waals surface area contributed by atoms with Crippen molar-refractivity contribution >= 4 is 10.9 Å². The molecule has 1 heterocycles. The fraction of sp³-hybridized carbons (Fsp3) is 0.500. The van der Waals surface area contributed by atoms with Gasteiger partial charge in [0, 0.05) is 17.6 Å². The number of aromatic nitrogens is 1. The van der Waals surface area contributed by atoms with Crippen LogP contribution >= 0.6 is 0 Å². The van der Waals surface area contributed by atoms with Crippen molar-refractivity contribution in [2.45, 2.75) is 45.1 Å². The summed E-state index contributed by atoms with van der Waals surface area (Å²) < 4.78 is 0. The monoisotopic (exact) mass is 268 g/mol. The van der Waals surface area contributed by atoms with Gasteiger partial charge in [0.25, 0.3) is 0 Å². The van der Waals surface area contributed by atoms with Gasteiger partial charge in [-0.3, -0.25) is 4.98 Å². The van der Waals surface area contributed by atoms with Crippen molar-refractivity contribution in [2.75, 3.05) is 6.54 Å². The van der Waals surface area contributed by atoms with Crippen molar-refractivity contribution in [2.24, 2.45) is 5.92 Å². The van der Waals surface area contributed by atoms with E-state index in [9.17, 15) is 0 Å². The molecule has 1 aromatic heterocycles. The number of nitrogens with zero attached hydrogens (tertiary/aromatic N) is 1. The lowest BCUT2D eigenvalue weighted by atomic mass is 9.88. The first kappa shape index (κ1) is 13.6. The van der Waals surface area contributed by atoms with Gasteiger partial charge in [0.15, 0.2) is 0 Å². The van der Waals surface area contributed by atoms with Crippen LogP contribution in [-0.4, -0.2) is 17.6 Å². The Bertz CT molecular complexity index is 576. The Morgan fingerprint density at radius 2 is 2.15 bits per heavy atom. The second-order valence-electron chi connectivity index (χ2n) is 6.32. The Labute approximate surface area is 121 Å². The molecule has 3 rings (SSSR count). The molecule has 1 fully saturated rings. The largest absolute Gasteiger partial charge is 0.314 e. The zero-order valence-corrected chi connectivity index (χ0v) is 12.5. The molecule has 106 valence electrons. The Kier molecular flexibility index (Phi) is 4.02. The summed E-state index contributed by atoms with van der Waals surface area (Å²) in [4.78, 5) is 4.50. The minimum absolute atomic E-state index is 0.578. The summed E-state index contributed by atoms with van der Waals surface area (Å²) in [5.41, 5.74) is 2.61. The first-order valence-corrected chi connectivity index (χ1v) is 7.82. The van der Waals surface area contributed by atoms with E-state index in [1.165, 1.54) is 30.2 Å². The normalized spacial score (nSPS) is 22.8. The molecule has 0 radical (unpaired) electrons. The molecule has 0 saturated heterocycles. The molecular formula is C18H24N2. The average molecular weight is 268 g/mol. The van der Waals surface area contributed by atoms with Gasteiger partial charge in [0.1, 0.15) is 0 Å². The van der Waals surface area contributed by atoms with E-state index in [4.69, 9.17) is 0 Å². The number of nitrogens with one attached hydrogen (secondary N) is 1. The van der Waals surface area contributed by atoms with Gasteiger partial charge in [-0.25, -0.2) is 0 Å². The van der Waals surface area contributed by atoms with Crippen LogP contribution < -0.4 is 5.32 Å². The number of hydrogen-bond acceptors (Lipinski definition) is 2. The fourth-order valence-electron chi connectivity index (χ4n) is 3.42. The molecule has 2 unspecified atom stereocenters. The Balaban J connectivity index is 1.81. The van der Waals surface area contributed by atoms with E-state index >= 15 is 0 Å². The van der Waals surface area contributed by atoms with E-state index in [0.717, 1.165) is 18.0 Å². The Hall–Kier alpha value is -1.41. The molecule has 2 heteroatoms. The molecule has 1 aliphatic rings. The van der Waals surface area contributed by atoms with Crippen LogP contribution in [0.15, 0.2) is 36.5 Å². The average Bonchev–Trinajstić information content (AvgIpc) is 2.93. The molecule has 0 amide bonds. The fourth-order valence-corrected chi connectivity index (χ4v) is 3.42. The van der Waals surface area contributed by atoms with Gasteiger partial charge >= 0.3 is 0 Å². The zero-order valence-electron chi connectivity index (χ0n) is 12.5. The maximum atomic E-state index is 4.50. The summed E-state index contributed by atoms with van der Waals surface area (Å²) in [6, 6.07) is 11.6. The summed E-state index contributed by atoms with van der Waals surface area (Å²) in [6.07, 6.45) is 5.92. The van der Waals surface area contributed by atoms with Crippen molar-refractivity contribution in [1.82, 2.24) is 10.3 Å². The van der Waals surface area contributed by atoms with Gasteiger partial charge in [-0.2, -0.15) is 0 Å². The van der Waals surface area contributed by atoms with Gasteiger partial charge in [0.05, 0.1) is 5.52 Å². The van der Waals surface area contributed by atoms with Crippen LogP contribution in [0.25, 0.3) is 10.9 Å². The van der Waals surface area contributed by atoms with Crippen LogP contribution in [0.1, 0.15) is 44.6 Å². The summed E-state index contributed by atoms with van der Waals surface area (Å²) >= 11 is 0. The zero-order chi connectivity index (χ0) is 13.9. The van der Waals surface area contributed by atoms with Gasteiger partial charge in [-0.1, -0.05) is 38.5 Å². The van der Waals surface area contributed by atoms with E-state index in [2.05, 4.69) is 48.4 Å². The van der Waals surface area contributed by atoms with Crippen molar-refractivity contribution in [3.05, 3.63) is 42.1 Å². The molecule has 1 aliphatic carbocycles. The van der Waals surface area contributed by atoms with Crippen LogP contribution in [0, 0.1) is 5.92 Å². The lowest BCUT2D eigenvalue weighted by molar-refractivity contribution is 0.423. The van der Waals surface area contributed by atoms with Crippen molar-refractivity contribution in [3.63, 3.8) is 0 Å². The Morgan fingerprint density at radius 3 is 3.00 bits per heavy atom. The van der Waals surface area contributed by atoms with Gasteiger partial charge in [-0.05, 0) is 48.9 Å². The molecule has 20 heavy (non-hydrogen) atoms. The van der Waals surface area contributed by atoms with E-state index in [0.29, 0.717) is 12.0 Å². The molecule has 2 atom stereocenters. The van der Waals surface area contributed by atoms with E-state index in [1.54, 1.807) is 0 Å².